The molecule has 2 heterocycles. The number of rotatable bonds is 19. The Labute approximate surface area is 438 Å². The number of nitrogens with one attached hydrogen (secondary N) is 9. The summed E-state index contributed by atoms with van der Waals surface area (Å²) in [4.78, 5) is 147. The number of aromatic nitrogens is 1. The molecule has 27 nitrogen and oxygen atoms in total. The lowest BCUT2D eigenvalue weighted by Crippen LogP contribution is -2.60. The van der Waals surface area contributed by atoms with Gasteiger partial charge < -0.3 is 81.9 Å². The number of aromatic amines is 1. The summed E-state index contributed by atoms with van der Waals surface area (Å²) < 4.78 is 0. The van der Waals surface area contributed by atoms with Crippen LogP contribution in [0, 0.1) is 0 Å². The first-order valence-corrected chi connectivity index (χ1v) is 24.8. The van der Waals surface area contributed by atoms with E-state index in [9.17, 15) is 47.9 Å². The number of benzene rings is 2. The van der Waals surface area contributed by atoms with Crippen LogP contribution in [0.15, 0.2) is 70.8 Å². The van der Waals surface area contributed by atoms with Crippen LogP contribution < -0.4 is 76.9 Å². The van der Waals surface area contributed by atoms with Gasteiger partial charge in [-0.15, -0.1) is 0 Å². The number of guanidine groups is 2. The molecular formula is C49H71N17O10. The highest BCUT2D eigenvalue weighted by Crippen LogP contribution is 2.20. The van der Waals surface area contributed by atoms with Gasteiger partial charge >= 0.3 is 0 Å². The van der Waals surface area contributed by atoms with Crippen LogP contribution in [0.2, 0.25) is 0 Å². The molecule has 0 aliphatic carbocycles. The summed E-state index contributed by atoms with van der Waals surface area (Å²) >= 11 is 0. The van der Waals surface area contributed by atoms with Crippen molar-refractivity contribution in [3.63, 3.8) is 0 Å². The molecular weight excluding hydrogens is 987 g/mol. The maximum absolute atomic E-state index is 14.6. The van der Waals surface area contributed by atoms with E-state index in [0.29, 0.717) is 11.1 Å². The van der Waals surface area contributed by atoms with E-state index in [1.54, 1.807) is 42.6 Å². The summed E-state index contributed by atoms with van der Waals surface area (Å²) in [5.41, 5.74) is 35.1. The number of amides is 10. The molecule has 0 saturated carbocycles. The quantitative estimate of drug-likeness (QED) is 0.0309. The van der Waals surface area contributed by atoms with Gasteiger partial charge in [-0.3, -0.25) is 57.9 Å². The zero-order valence-corrected chi connectivity index (χ0v) is 42.4. The molecule has 3 aromatic rings. The fraction of sp³-hybridized carbons (Fsp3) is 0.469. The molecule has 1 fully saturated rings. The Kier molecular flexibility index (Phi) is 23.9. The van der Waals surface area contributed by atoms with Gasteiger partial charge in [-0.1, -0.05) is 48.5 Å². The van der Waals surface area contributed by atoms with Crippen molar-refractivity contribution in [1.29, 1.82) is 0 Å². The zero-order chi connectivity index (χ0) is 55.7. The Balaban J connectivity index is 1.78. The SMILES string of the molecule is CC(=O)N[C@@H](CCCN=C(N)N)C(=O)N[C@H]1CCCC(=O)NCC[C@@H](C(N)=O)NC(=O)[C@H](Cc2c[nH]c3ccccc23)NC(=O)[C@H](CCCN=C(N)N)NC(=O)C(Cc2ccccc2)NC(=O)[C@H](CCC(N)=O)NC1=O. The average Bonchev–Trinajstić information content (AvgIpc) is 3.77. The second-order valence-electron chi connectivity index (χ2n) is 18.2. The largest absolute Gasteiger partial charge is 0.370 e. The lowest BCUT2D eigenvalue weighted by Gasteiger charge is -2.28. The molecule has 4 rings (SSSR count). The van der Waals surface area contributed by atoms with Crippen molar-refractivity contribution in [1.82, 2.24) is 47.5 Å². The van der Waals surface area contributed by atoms with Crippen LogP contribution in [0.1, 0.15) is 82.3 Å². The maximum atomic E-state index is 14.6. The molecule has 0 radical (unpaired) electrons. The van der Waals surface area contributed by atoms with Crippen LogP contribution in [0.3, 0.4) is 0 Å². The van der Waals surface area contributed by atoms with E-state index in [2.05, 4.69) is 57.5 Å². The minimum atomic E-state index is -1.57. The summed E-state index contributed by atoms with van der Waals surface area (Å²) in [7, 11) is 0. The second-order valence-corrected chi connectivity index (χ2v) is 18.2. The number of hydrogen-bond donors (Lipinski definition) is 15. The van der Waals surface area contributed by atoms with Crippen molar-refractivity contribution < 1.29 is 47.9 Å². The fourth-order valence-electron chi connectivity index (χ4n) is 8.23. The molecule has 7 atom stereocenters. The minimum absolute atomic E-state index is 0.0261. The van der Waals surface area contributed by atoms with Crippen molar-refractivity contribution in [2.45, 2.75) is 126 Å². The van der Waals surface area contributed by atoms with Gasteiger partial charge in [-0.25, -0.2) is 0 Å². The monoisotopic (exact) mass is 1060 g/mol. The minimum Gasteiger partial charge on any atom is -0.370 e. The highest BCUT2D eigenvalue weighted by atomic mass is 16.2. The molecule has 412 valence electrons. The third-order valence-corrected chi connectivity index (χ3v) is 12.1. The predicted molar refractivity (Wildman–Crippen MR) is 280 cm³/mol. The van der Waals surface area contributed by atoms with E-state index in [0.717, 1.165) is 10.9 Å². The number of nitrogens with two attached hydrogens (primary N) is 6. The number of hydrogen-bond acceptors (Lipinski definition) is 12. The first-order valence-electron chi connectivity index (χ1n) is 24.8. The standard InChI is InChI=1S/C49H71N17O10/c1-27(67)60-33(15-8-21-57-48(52)53)42(71)62-34-14-7-17-40(69)56-23-20-32(41(51)70)61-47(76)38(25-29-26-59-31-13-6-5-12-30(29)31)66-44(73)35(16-9-22-58-49(54)55)63-46(75)37(24-28-10-3-2-4-11-28)65-45(74)36(64-43(34)72)18-19-39(50)68/h2-6,10-13,26,32-38,59H,7-9,14-25H2,1H3,(H2,50,68)(H2,51,70)(H,56,69)(H,60,67)(H,61,76)(H,62,71)(H,63,75)(H,64,72)(H,65,74)(H,66,73)(H4,52,53,57)(H4,54,55,58)/t32-,33-,34-,35-,36-,37?,38-/m0/s1. The zero-order valence-electron chi connectivity index (χ0n) is 42.4. The van der Waals surface area contributed by atoms with Crippen LogP contribution in [-0.4, -0.2) is 138 Å². The Bertz CT molecular complexity index is 2580. The van der Waals surface area contributed by atoms with Crippen molar-refractivity contribution >= 4 is 81.9 Å². The summed E-state index contributed by atoms with van der Waals surface area (Å²) in [5.74, 6) is -8.58. The predicted octanol–water partition coefficient (Wildman–Crippen LogP) is -4.09. The Morgan fingerprint density at radius 2 is 1.25 bits per heavy atom. The van der Waals surface area contributed by atoms with Crippen molar-refractivity contribution in [3.05, 3.63) is 71.9 Å². The summed E-state index contributed by atoms with van der Waals surface area (Å²) in [5, 5.41) is 21.8. The second kappa shape index (κ2) is 30.4. The molecule has 1 unspecified atom stereocenters. The molecule has 0 spiro atoms. The lowest BCUT2D eigenvalue weighted by molar-refractivity contribution is -0.136. The normalized spacial score (nSPS) is 20.9. The topological polar surface area (TPSA) is 464 Å². The van der Waals surface area contributed by atoms with Gasteiger partial charge in [0.1, 0.15) is 42.3 Å². The van der Waals surface area contributed by atoms with Crippen LogP contribution in [-0.2, 0) is 60.8 Å². The van der Waals surface area contributed by atoms with Gasteiger partial charge in [-0.2, -0.15) is 0 Å². The number of fused-ring (bicyclic) bond motifs is 1. The number of H-pyrrole nitrogens is 1. The maximum Gasteiger partial charge on any atom is 0.243 e. The van der Waals surface area contributed by atoms with Crippen molar-refractivity contribution in [3.8, 4) is 0 Å². The smallest absolute Gasteiger partial charge is 0.243 e. The van der Waals surface area contributed by atoms with Gasteiger partial charge in [0.05, 0.1) is 0 Å². The van der Waals surface area contributed by atoms with Crippen molar-refractivity contribution in [2.24, 2.45) is 44.4 Å². The Morgan fingerprint density at radius 3 is 1.89 bits per heavy atom. The molecule has 1 aliphatic heterocycles. The van der Waals surface area contributed by atoms with Crippen molar-refractivity contribution in [2.75, 3.05) is 19.6 Å². The van der Waals surface area contributed by atoms with E-state index in [1.807, 2.05) is 18.2 Å². The average molecular weight is 1060 g/mol. The molecule has 10 amide bonds. The highest BCUT2D eigenvalue weighted by molar-refractivity contribution is 5.98. The van der Waals surface area contributed by atoms with Crippen LogP contribution >= 0.6 is 0 Å². The number of primary amides is 2. The van der Waals surface area contributed by atoms with Crippen LogP contribution in [0.4, 0.5) is 0 Å². The molecule has 1 aliphatic rings. The molecule has 1 aromatic heterocycles. The van der Waals surface area contributed by atoms with Gasteiger partial charge in [-0.05, 0) is 68.6 Å². The number of aliphatic imine (C=N–C) groups is 2. The van der Waals surface area contributed by atoms with Gasteiger partial charge in [0.2, 0.25) is 59.1 Å². The first-order chi connectivity index (χ1) is 36.2. The van der Waals surface area contributed by atoms with Crippen LogP contribution in [0.5, 0.6) is 0 Å². The molecule has 27 heteroatoms. The van der Waals surface area contributed by atoms with E-state index >= 15 is 0 Å². The van der Waals surface area contributed by atoms with E-state index in [-0.39, 0.29) is 102 Å². The third kappa shape index (κ3) is 20.6. The first kappa shape index (κ1) is 59.8. The number of carbonyl (C=O) groups excluding carboxylic acids is 10. The number of carbonyl (C=O) groups is 10. The molecule has 0 bridgehead atoms. The lowest BCUT2D eigenvalue weighted by atomic mass is 10.0. The van der Waals surface area contributed by atoms with E-state index < -0.39 is 108 Å². The Hall–Kier alpha value is -8.78. The summed E-state index contributed by atoms with van der Waals surface area (Å²) in [6.07, 6.45) is 0.210. The molecule has 2 aromatic carbocycles. The molecule has 21 N–H and O–H groups in total. The number of para-hydroxylation sites is 1. The van der Waals surface area contributed by atoms with Crippen LogP contribution in [0.25, 0.3) is 10.9 Å². The Morgan fingerprint density at radius 1 is 0.671 bits per heavy atom. The van der Waals surface area contributed by atoms with Gasteiger partial charge in [0.25, 0.3) is 0 Å². The summed E-state index contributed by atoms with van der Waals surface area (Å²) in [6.45, 7) is 1.15. The third-order valence-electron chi connectivity index (χ3n) is 12.1. The number of nitrogens with zero attached hydrogens (tertiary/aromatic N) is 2. The van der Waals surface area contributed by atoms with E-state index in [4.69, 9.17) is 34.4 Å². The van der Waals surface area contributed by atoms with Gasteiger partial charge in [0.15, 0.2) is 11.9 Å². The van der Waals surface area contributed by atoms with E-state index in [1.165, 1.54) is 6.92 Å². The fourth-order valence-corrected chi connectivity index (χ4v) is 8.23. The molecule has 76 heavy (non-hydrogen) atoms. The molecule has 1 saturated heterocycles. The summed E-state index contributed by atoms with van der Waals surface area (Å²) in [6, 6.07) is 5.89. The van der Waals surface area contributed by atoms with Gasteiger partial charge in [0, 0.05) is 69.3 Å². The highest BCUT2D eigenvalue weighted by Gasteiger charge is 2.35.